The minimum absolute atomic E-state index is 0.0486. The average Bonchev–Trinajstić information content (AvgIpc) is 2.83. The van der Waals surface area contributed by atoms with Gasteiger partial charge in [0.15, 0.2) is 6.61 Å². The normalized spacial score (nSPS) is 14.6. The highest BCUT2D eigenvalue weighted by Gasteiger charge is 2.37. The Balaban J connectivity index is 1.63. The predicted molar refractivity (Wildman–Crippen MR) is 140 cm³/mol. The Bertz CT molecular complexity index is 1390. The van der Waals surface area contributed by atoms with Crippen molar-refractivity contribution in [3.05, 3.63) is 86.8 Å². The van der Waals surface area contributed by atoms with Crippen LogP contribution in [0.5, 0.6) is 11.5 Å². The molecule has 3 N–H and O–H groups in total. The van der Waals surface area contributed by atoms with Gasteiger partial charge in [-0.3, -0.25) is 19.7 Å². The molecule has 0 bridgehead atoms. The summed E-state index contributed by atoms with van der Waals surface area (Å²) >= 11 is 6.75. The van der Waals surface area contributed by atoms with Crippen LogP contribution >= 0.6 is 31.9 Å². The summed E-state index contributed by atoms with van der Waals surface area (Å²) in [5.41, 5.74) is 0.749. The molecule has 1 fully saturated rings. The zero-order valence-corrected chi connectivity index (χ0v) is 21.5. The van der Waals surface area contributed by atoms with Crippen LogP contribution in [0.2, 0.25) is 0 Å². The zero-order chi connectivity index (χ0) is 25.8. The molecule has 1 heterocycles. The van der Waals surface area contributed by atoms with Crippen LogP contribution in [-0.4, -0.2) is 35.5 Å². The van der Waals surface area contributed by atoms with Gasteiger partial charge in [0.2, 0.25) is 0 Å². The third-order valence-corrected chi connectivity index (χ3v) is 6.00. The summed E-state index contributed by atoms with van der Waals surface area (Å²) in [5.74, 6) is -2.00. The third kappa shape index (κ3) is 5.64. The number of urea groups is 1. The van der Waals surface area contributed by atoms with Gasteiger partial charge in [0.05, 0.1) is 10.2 Å². The molecular weight excluding hydrogens is 598 g/mol. The van der Waals surface area contributed by atoms with Crippen LogP contribution in [0.15, 0.2) is 81.2 Å². The van der Waals surface area contributed by atoms with E-state index in [0.29, 0.717) is 20.2 Å². The van der Waals surface area contributed by atoms with Crippen molar-refractivity contribution in [2.45, 2.75) is 0 Å². The van der Waals surface area contributed by atoms with E-state index >= 15 is 0 Å². The van der Waals surface area contributed by atoms with Gasteiger partial charge >= 0.3 is 6.03 Å². The molecule has 3 aromatic carbocycles. The topological polar surface area (TPSA) is 125 Å². The number of rotatable bonds is 6. The van der Waals surface area contributed by atoms with Gasteiger partial charge in [-0.1, -0.05) is 34.1 Å². The fraction of sp³-hybridized carbons (Fsp3) is 0.0400. The van der Waals surface area contributed by atoms with E-state index in [9.17, 15) is 24.3 Å². The Kier molecular flexibility index (Phi) is 7.51. The number of ether oxygens (including phenoxy) is 1. The second kappa shape index (κ2) is 10.8. The summed E-state index contributed by atoms with van der Waals surface area (Å²) in [6.07, 6.45) is 1.28. The number of para-hydroxylation sites is 1. The van der Waals surface area contributed by atoms with Crippen molar-refractivity contribution in [3.63, 3.8) is 0 Å². The second-order valence-electron chi connectivity index (χ2n) is 7.48. The van der Waals surface area contributed by atoms with Gasteiger partial charge in [-0.05, 0) is 70.5 Å². The Morgan fingerprint density at radius 1 is 1.03 bits per heavy atom. The van der Waals surface area contributed by atoms with Crippen molar-refractivity contribution in [1.29, 1.82) is 0 Å². The lowest BCUT2D eigenvalue weighted by Crippen LogP contribution is -2.54. The largest absolute Gasteiger partial charge is 0.508 e. The number of phenolic OH excluding ortho intramolecular Hbond substituents is 1. The predicted octanol–water partition coefficient (Wildman–Crippen LogP) is 4.60. The summed E-state index contributed by atoms with van der Waals surface area (Å²) in [7, 11) is 0. The summed E-state index contributed by atoms with van der Waals surface area (Å²) in [6, 6.07) is 16.6. The Morgan fingerprint density at radius 3 is 2.42 bits per heavy atom. The number of imide groups is 2. The SMILES string of the molecule is O=C(COc1c(Br)cc(Br)cc1/C=C1/C(=O)NC(=O)N(c2ccc(O)cc2)C1=O)Nc1ccccc1. The number of nitrogens with zero attached hydrogens (tertiary/aromatic N) is 1. The van der Waals surface area contributed by atoms with Crippen LogP contribution in [-0.2, 0) is 14.4 Å². The first-order chi connectivity index (χ1) is 17.2. The van der Waals surface area contributed by atoms with Crippen molar-refractivity contribution in [2.75, 3.05) is 16.8 Å². The lowest BCUT2D eigenvalue weighted by atomic mass is 10.1. The fourth-order valence-electron chi connectivity index (χ4n) is 3.35. The summed E-state index contributed by atoms with van der Waals surface area (Å²) in [6.45, 7) is -0.344. The number of barbiturate groups is 1. The molecule has 11 heteroatoms. The van der Waals surface area contributed by atoms with Crippen molar-refractivity contribution in [1.82, 2.24) is 5.32 Å². The maximum atomic E-state index is 13.2. The first kappa shape index (κ1) is 25.1. The monoisotopic (exact) mass is 613 g/mol. The molecule has 0 spiro atoms. The zero-order valence-electron chi connectivity index (χ0n) is 18.3. The van der Waals surface area contributed by atoms with E-state index in [2.05, 4.69) is 42.5 Å². The van der Waals surface area contributed by atoms with Gasteiger partial charge in [0, 0.05) is 15.7 Å². The standard InChI is InChI=1S/C25H17Br2N3O6/c26-15-10-14(22(20(27)12-15)36-13-21(32)28-16-4-2-1-3-5-16)11-19-23(33)29-25(35)30(24(19)34)17-6-8-18(31)9-7-17/h1-12,31H,13H2,(H,28,32)(H,29,33,35)/b19-11-. The smallest absolute Gasteiger partial charge is 0.335 e. The van der Waals surface area contributed by atoms with Crippen molar-refractivity contribution >= 4 is 73.1 Å². The summed E-state index contributed by atoms with van der Waals surface area (Å²) in [5, 5.41) is 14.4. The van der Waals surface area contributed by atoms with Crippen molar-refractivity contribution in [3.8, 4) is 11.5 Å². The molecule has 0 unspecified atom stereocenters. The molecule has 3 aromatic rings. The highest BCUT2D eigenvalue weighted by Crippen LogP contribution is 2.35. The number of hydrogen-bond donors (Lipinski definition) is 3. The number of hydrogen-bond acceptors (Lipinski definition) is 6. The number of anilines is 2. The average molecular weight is 615 g/mol. The van der Waals surface area contributed by atoms with E-state index in [-0.39, 0.29) is 29.4 Å². The third-order valence-electron chi connectivity index (χ3n) is 4.95. The molecule has 0 saturated carbocycles. The van der Waals surface area contributed by atoms with E-state index in [0.717, 1.165) is 4.90 Å². The van der Waals surface area contributed by atoms with Crippen LogP contribution in [0.25, 0.3) is 6.08 Å². The first-order valence-electron chi connectivity index (χ1n) is 10.4. The van der Waals surface area contributed by atoms with Gasteiger partial charge < -0.3 is 15.2 Å². The van der Waals surface area contributed by atoms with Gasteiger partial charge in [-0.25, -0.2) is 9.69 Å². The number of carbonyl (C=O) groups is 4. The molecule has 0 aliphatic carbocycles. The highest BCUT2D eigenvalue weighted by molar-refractivity contribution is 9.11. The van der Waals surface area contributed by atoms with Crippen LogP contribution in [0, 0.1) is 0 Å². The molecule has 0 aromatic heterocycles. The number of benzene rings is 3. The molecule has 0 radical (unpaired) electrons. The van der Waals surface area contributed by atoms with E-state index in [1.54, 1.807) is 36.4 Å². The molecule has 36 heavy (non-hydrogen) atoms. The van der Waals surface area contributed by atoms with E-state index in [1.165, 1.54) is 30.3 Å². The van der Waals surface area contributed by atoms with Crippen LogP contribution in [0.3, 0.4) is 0 Å². The molecule has 9 nitrogen and oxygen atoms in total. The van der Waals surface area contributed by atoms with Crippen LogP contribution in [0.1, 0.15) is 5.56 Å². The number of aromatic hydroxyl groups is 1. The van der Waals surface area contributed by atoms with E-state index in [1.807, 2.05) is 6.07 Å². The fourth-order valence-corrected chi connectivity index (χ4v) is 4.72. The Labute approximate surface area is 222 Å². The van der Waals surface area contributed by atoms with Crippen LogP contribution in [0.4, 0.5) is 16.2 Å². The van der Waals surface area contributed by atoms with Gasteiger partial charge in [0.25, 0.3) is 17.7 Å². The van der Waals surface area contributed by atoms with Gasteiger partial charge in [-0.2, -0.15) is 0 Å². The summed E-state index contributed by atoms with van der Waals surface area (Å²) in [4.78, 5) is 51.3. The van der Waals surface area contributed by atoms with Gasteiger partial charge in [-0.15, -0.1) is 0 Å². The highest BCUT2D eigenvalue weighted by atomic mass is 79.9. The van der Waals surface area contributed by atoms with E-state index < -0.39 is 23.8 Å². The lowest BCUT2D eigenvalue weighted by Gasteiger charge is -2.26. The maximum Gasteiger partial charge on any atom is 0.335 e. The molecule has 4 rings (SSSR count). The number of nitrogens with one attached hydrogen (secondary N) is 2. The Morgan fingerprint density at radius 2 is 1.72 bits per heavy atom. The first-order valence-corrected chi connectivity index (χ1v) is 12.0. The molecule has 182 valence electrons. The Hall–Kier alpha value is -3.96. The minimum Gasteiger partial charge on any atom is -0.508 e. The quantitative estimate of drug-likeness (QED) is 0.275. The van der Waals surface area contributed by atoms with Gasteiger partial charge in [0.1, 0.15) is 17.1 Å². The number of halogens is 2. The molecule has 5 amide bonds. The number of phenols is 1. The summed E-state index contributed by atoms with van der Waals surface area (Å²) < 4.78 is 6.81. The van der Waals surface area contributed by atoms with Crippen molar-refractivity contribution in [2.24, 2.45) is 0 Å². The number of carbonyl (C=O) groups excluding carboxylic acids is 4. The number of amides is 5. The minimum atomic E-state index is -0.919. The molecule has 1 saturated heterocycles. The molecular formula is C25H17Br2N3O6. The molecule has 1 aliphatic rings. The van der Waals surface area contributed by atoms with Crippen molar-refractivity contribution < 1.29 is 29.0 Å². The van der Waals surface area contributed by atoms with E-state index in [4.69, 9.17) is 4.74 Å². The van der Waals surface area contributed by atoms with Crippen LogP contribution < -0.4 is 20.3 Å². The maximum absolute atomic E-state index is 13.2. The lowest BCUT2D eigenvalue weighted by molar-refractivity contribution is -0.122. The molecule has 1 aliphatic heterocycles. The second-order valence-corrected chi connectivity index (χ2v) is 9.25. The molecule has 0 atom stereocenters.